The molecule has 0 bridgehead atoms. The van der Waals surface area contributed by atoms with Gasteiger partial charge in [0.15, 0.2) is 11.5 Å². The van der Waals surface area contributed by atoms with E-state index >= 15 is 0 Å². The zero-order chi connectivity index (χ0) is 21.2. The van der Waals surface area contributed by atoms with Crippen LogP contribution in [0, 0.1) is 5.82 Å². The van der Waals surface area contributed by atoms with E-state index in [0.717, 1.165) is 40.5 Å². The van der Waals surface area contributed by atoms with Crippen LogP contribution in [0.5, 0.6) is 11.5 Å². The van der Waals surface area contributed by atoms with Crippen molar-refractivity contribution in [3.8, 4) is 11.5 Å². The van der Waals surface area contributed by atoms with E-state index in [4.69, 9.17) is 14.3 Å². The van der Waals surface area contributed by atoms with E-state index in [1.54, 1.807) is 11.8 Å². The number of ether oxygens (including phenoxy) is 2. The number of hydrogen-bond acceptors (Lipinski definition) is 6. The minimum absolute atomic E-state index is 0.00895. The molecule has 1 atom stereocenters. The van der Waals surface area contributed by atoms with Crippen molar-refractivity contribution in [2.75, 3.05) is 19.9 Å². The van der Waals surface area contributed by atoms with Crippen LogP contribution in [0.4, 0.5) is 4.39 Å². The standard InChI is InChI=1S/C23H23FN2O4S/c24-16-2-4-18(5-3-16)31-19-7-9-26(10-8-19)23(27)22-13-17(25-30-22)11-15-1-6-20-21(12-15)29-14-28-20/h1-6,12,19,22H,7-11,13-14H2/t22-/m0/s1. The van der Waals surface area contributed by atoms with Gasteiger partial charge in [-0.05, 0) is 54.8 Å². The van der Waals surface area contributed by atoms with Gasteiger partial charge >= 0.3 is 0 Å². The van der Waals surface area contributed by atoms with Gasteiger partial charge in [-0.2, -0.15) is 0 Å². The molecule has 31 heavy (non-hydrogen) atoms. The number of hydrogen-bond donors (Lipinski definition) is 0. The van der Waals surface area contributed by atoms with Crippen molar-refractivity contribution in [2.24, 2.45) is 5.16 Å². The number of carbonyl (C=O) groups is 1. The molecule has 3 aliphatic rings. The van der Waals surface area contributed by atoms with Crippen molar-refractivity contribution >= 4 is 23.4 Å². The smallest absolute Gasteiger partial charge is 0.266 e. The SMILES string of the molecule is O=C([C@@H]1CC(Cc2ccc3c(c2)OCO3)=NO1)N1CCC(Sc2ccc(F)cc2)CC1. The molecular formula is C23H23FN2O4S. The number of halogens is 1. The Hall–Kier alpha value is -2.74. The third kappa shape index (κ3) is 4.63. The number of oxime groups is 1. The largest absolute Gasteiger partial charge is 0.454 e. The number of thioether (sulfide) groups is 1. The molecule has 3 heterocycles. The summed E-state index contributed by atoms with van der Waals surface area (Å²) in [6.45, 7) is 1.66. The second-order valence-corrected chi connectivity index (χ2v) is 9.29. The first-order valence-corrected chi connectivity index (χ1v) is 11.3. The number of likely N-dealkylation sites (tertiary alicyclic amines) is 1. The summed E-state index contributed by atoms with van der Waals surface area (Å²) in [7, 11) is 0. The van der Waals surface area contributed by atoms with Crippen molar-refractivity contribution in [1.82, 2.24) is 4.90 Å². The lowest BCUT2D eigenvalue weighted by atomic mass is 10.0. The van der Waals surface area contributed by atoms with Crippen LogP contribution in [0.15, 0.2) is 52.5 Å². The maximum Gasteiger partial charge on any atom is 0.266 e. The highest BCUT2D eigenvalue weighted by Crippen LogP contribution is 2.33. The summed E-state index contributed by atoms with van der Waals surface area (Å²) in [6, 6.07) is 12.4. The van der Waals surface area contributed by atoms with E-state index in [9.17, 15) is 9.18 Å². The molecule has 6 nitrogen and oxygen atoms in total. The van der Waals surface area contributed by atoms with Gasteiger partial charge in [-0.1, -0.05) is 11.2 Å². The molecule has 2 aromatic rings. The van der Waals surface area contributed by atoms with Crippen LogP contribution in [0.25, 0.3) is 0 Å². The Morgan fingerprint density at radius 3 is 2.68 bits per heavy atom. The van der Waals surface area contributed by atoms with Crippen molar-refractivity contribution in [1.29, 1.82) is 0 Å². The molecule has 1 fully saturated rings. The van der Waals surface area contributed by atoms with Gasteiger partial charge in [-0.25, -0.2) is 4.39 Å². The average Bonchev–Trinajstić information content (AvgIpc) is 3.45. The van der Waals surface area contributed by atoms with Gasteiger partial charge in [-0.3, -0.25) is 4.79 Å². The Labute approximate surface area is 184 Å². The van der Waals surface area contributed by atoms with Crippen LogP contribution >= 0.6 is 11.8 Å². The predicted octanol–water partition coefficient (Wildman–Crippen LogP) is 4.03. The maximum atomic E-state index is 13.1. The molecule has 0 radical (unpaired) electrons. The Kier molecular flexibility index (Phi) is 5.72. The van der Waals surface area contributed by atoms with Gasteiger partial charge in [0.1, 0.15) is 5.82 Å². The Bertz CT molecular complexity index is 990. The number of nitrogens with zero attached hydrogens (tertiary/aromatic N) is 2. The number of piperidine rings is 1. The van der Waals surface area contributed by atoms with E-state index in [1.165, 1.54) is 12.1 Å². The molecular weight excluding hydrogens is 419 g/mol. The van der Waals surface area contributed by atoms with Gasteiger partial charge in [0.05, 0.1) is 5.71 Å². The summed E-state index contributed by atoms with van der Waals surface area (Å²) >= 11 is 1.75. The molecule has 162 valence electrons. The lowest BCUT2D eigenvalue weighted by Gasteiger charge is -2.32. The minimum atomic E-state index is -0.537. The van der Waals surface area contributed by atoms with Crippen molar-refractivity contribution in [3.05, 3.63) is 53.8 Å². The first-order valence-electron chi connectivity index (χ1n) is 10.4. The second kappa shape index (κ2) is 8.78. The zero-order valence-electron chi connectivity index (χ0n) is 17.0. The van der Waals surface area contributed by atoms with Crippen molar-refractivity contribution in [3.63, 3.8) is 0 Å². The molecule has 0 aromatic heterocycles. The van der Waals surface area contributed by atoms with Gasteiger partial charge in [-0.15, -0.1) is 11.8 Å². The van der Waals surface area contributed by atoms with Crippen LogP contribution in [-0.4, -0.2) is 47.8 Å². The third-order valence-electron chi connectivity index (χ3n) is 5.72. The fraction of sp³-hybridized carbons (Fsp3) is 0.391. The van der Waals surface area contributed by atoms with Crippen LogP contribution in [0.1, 0.15) is 24.8 Å². The Balaban J connectivity index is 1.10. The summed E-state index contributed by atoms with van der Waals surface area (Å²) in [5.74, 6) is 1.28. The minimum Gasteiger partial charge on any atom is -0.454 e. The van der Waals surface area contributed by atoms with Gasteiger partial charge in [0.25, 0.3) is 5.91 Å². The highest BCUT2D eigenvalue weighted by molar-refractivity contribution is 8.00. The van der Waals surface area contributed by atoms with E-state index in [1.807, 2.05) is 35.2 Å². The van der Waals surface area contributed by atoms with Gasteiger partial charge in [0.2, 0.25) is 12.9 Å². The molecule has 1 saturated heterocycles. The molecule has 0 saturated carbocycles. The molecule has 8 heteroatoms. The van der Waals surface area contributed by atoms with E-state index < -0.39 is 6.10 Å². The monoisotopic (exact) mass is 442 g/mol. The fourth-order valence-corrected chi connectivity index (χ4v) is 5.18. The van der Waals surface area contributed by atoms with Crippen LogP contribution < -0.4 is 9.47 Å². The predicted molar refractivity (Wildman–Crippen MR) is 115 cm³/mol. The molecule has 5 rings (SSSR count). The molecule has 2 aromatic carbocycles. The van der Waals surface area contributed by atoms with Crippen LogP contribution in [-0.2, 0) is 16.1 Å². The summed E-state index contributed by atoms with van der Waals surface area (Å²) in [4.78, 5) is 21.3. The van der Waals surface area contributed by atoms with E-state index in [2.05, 4.69) is 5.16 Å². The van der Waals surface area contributed by atoms with E-state index in [-0.39, 0.29) is 18.5 Å². The van der Waals surface area contributed by atoms with E-state index in [0.29, 0.717) is 31.2 Å². The summed E-state index contributed by atoms with van der Waals surface area (Å²) in [5, 5.41) is 4.59. The normalized spacial score (nSPS) is 20.5. The number of amides is 1. The van der Waals surface area contributed by atoms with Crippen LogP contribution in [0.2, 0.25) is 0 Å². The summed E-state index contributed by atoms with van der Waals surface area (Å²) < 4.78 is 23.8. The molecule has 3 aliphatic heterocycles. The number of benzene rings is 2. The average molecular weight is 443 g/mol. The van der Waals surface area contributed by atoms with Crippen molar-refractivity contribution < 1.29 is 23.5 Å². The lowest BCUT2D eigenvalue weighted by Crippen LogP contribution is -2.44. The van der Waals surface area contributed by atoms with Crippen LogP contribution in [0.3, 0.4) is 0 Å². The lowest BCUT2D eigenvalue weighted by molar-refractivity contribution is -0.142. The number of rotatable bonds is 5. The molecule has 0 aliphatic carbocycles. The summed E-state index contributed by atoms with van der Waals surface area (Å²) in [5.41, 5.74) is 1.91. The van der Waals surface area contributed by atoms with Crippen molar-refractivity contribution in [2.45, 2.75) is 41.9 Å². The molecule has 0 spiro atoms. The highest BCUT2D eigenvalue weighted by atomic mass is 32.2. The van der Waals surface area contributed by atoms with Gasteiger partial charge < -0.3 is 19.2 Å². The fourth-order valence-electron chi connectivity index (χ4n) is 4.05. The number of fused-ring (bicyclic) bond motifs is 1. The summed E-state index contributed by atoms with van der Waals surface area (Å²) in [6.07, 6.45) is 2.41. The Morgan fingerprint density at radius 2 is 1.87 bits per heavy atom. The quantitative estimate of drug-likeness (QED) is 0.700. The topological polar surface area (TPSA) is 60.4 Å². The first-order chi connectivity index (χ1) is 15.1. The highest BCUT2D eigenvalue weighted by Gasteiger charge is 2.34. The molecule has 1 amide bonds. The molecule has 0 N–H and O–H groups in total. The molecule has 0 unspecified atom stereocenters. The third-order valence-corrected chi connectivity index (χ3v) is 7.07. The first kappa shape index (κ1) is 20.2. The Morgan fingerprint density at radius 1 is 1.10 bits per heavy atom. The second-order valence-electron chi connectivity index (χ2n) is 7.92. The zero-order valence-corrected chi connectivity index (χ0v) is 17.8. The number of carbonyl (C=O) groups excluding carboxylic acids is 1. The maximum absolute atomic E-state index is 13.1. The van der Waals surface area contributed by atoms with Gasteiger partial charge in [0, 0.05) is 36.1 Å².